The molecule has 0 saturated heterocycles. The lowest BCUT2D eigenvalue weighted by Gasteiger charge is -2.11. The lowest BCUT2D eigenvalue weighted by molar-refractivity contribution is 0.136. The Kier molecular flexibility index (Phi) is 14.6. The molecule has 0 saturated carbocycles. The van der Waals surface area contributed by atoms with E-state index in [2.05, 4.69) is 9.97 Å². The van der Waals surface area contributed by atoms with E-state index in [-0.39, 0.29) is 24.6 Å². The summed E-state index contributed by atoms with van der Waals surface area (Å²) in [5, 5.41) is 10.8. The number of phenolic OH excluding ortho intramolecular Hbond substituents is 1. The van der Waals surface area contributed by atoms with Gasteiger partial charge in [0.2, 0.25) is 12.9 Å². The number of ether oxygens (including phenoxy) is 1. The van der Waals surface area contributed by atoms with Crippen LogP contribution in [-0.4, -0.2) is 39.4 Å². The molecule has 3 aromatic rings. The van der Waals surface area contributed by atoms with Crippen molar-refractivity contribution < 1.29 is 27.4 Å². The Morgan fingerprint density at radius 1 is 0.784 bits per heavy atom. The lowest BCUT2D eigenvalue weighted by Crippen LogP contribution is -1.94. The number of benzene rings is 2. The molecule has 0 unspecified atom stereocenters. The molecule has 0 fully saturated rings. The predicted octanol–water partition coefficient (Wildman–Crippen LogP) is 9.90. The first kappa shape index (κ1) is 31.6. The monoisotopic (exact) mass is 616 g/mol. The van der Waals surface area contributed by atoms with Crippen LogP contribution in [0.5, 0.6) is 17.5 Å². The third kappa shape index (κ3) is 12.2. The summed E-state index contributed by atoms with van der Waals surface area (Å²) in [6.45, 7) is 0. The molecule has 0 amide bonds. The van der Waals surface area contributed by atoms with Gasteiger partial charge in [-0.15, -0.1) is 23.5 Å². The smallest absolute Gasteiger partial charge is 0.321 e. The van der Waals surface area contributed by atoms with E-state index in [0.29, 0.717) is 55.0 Å². The molecule has 0 spiro atoms. The number of thioether (sulfide) groups is 2. The van der Waals surface area contributed by atoms with Gasteiger partial charge in [0.15, 0.2) is 0 Å². The van der Waals surface area contributed by atoms with Crippen LogP contribution >= 0.6 is 58.3 Å². The Bertz CT molecular complexity index is 1080. The SMILES string of the molecule is FC(F)CCCSc1c(Cl)cccc1Oc1ncc(Cl)cn1.Oc1cccc(Cl)c1SCCCC(F)F. The van der Waals surface area contributed by atoms with Gasteiger partial charge in [-0.3, -0.25) is 0 Å². The van der Waals surface area contributed by atoms with E-state index in [4.69, 9.17) is 39.5 Å². The molecule has 0 aliphatic carbocycles. The number of halogens is 7. The highest BCUT2D eigenvalue weighted by atomic mass is 35.5. The van der Waals surface area contributed by atoms with Crippen LogP contribution in [0.3, 0.4) is 0 Å². The summed E-state index contributed by atoms with van der Waals surface area (Å²) in [5.74, 6) is 1.63. The zero-order chi connectivity index (χ0) is 27.2. The van der Waals surface area contributed by atoms with Gasteiger partial charge in [-0.25, -0.2) is 27.5 Å². The van der Waals surface area contributed by atoms with Crippen molar-refractivity contribution in [3.05, 3.63) is 63.9 Å². The largest absolute Gasteiger partial charge is 0.507 e. The number of alkyl halides is 4. The zero-order valence-electron chi connectivity index (χ0n) is 19.2. The number of aromatic nitrogens is 2. The highest BCUT2D eigenvalue weighted by molar-refractivity contribution is 7.99. The Balaban J connectivity index is 0.000000281. The molecule has 1 heterocycles. The average molecular weight is 618 g/mol. The Morgan fingerprint density at radius 2 is 1.30 bits per heavy atom. The van der Waals surface area contributed by atoms with Gasteiger partial charge in [-0.2, -0.15) is 0 Å². The first-order valence-corrected chi connectivity index (χ1v) is 14.0. The van der Waals surface area contributed by atoms with Crippen molar-refractivity contribution in [1.82, 2.24) is 9.97 Å². The lowest BCUT2D eigenvalue weighted by atomic mass is 10.3. The number of hydrogen-bond donors (Lipinski definition) is 1. The Hall–Kier alpha value is -1.59. The second-order valence-electron chi connectivity index (χ2n) is 7.20. The van der Waals surface area contributed by atoms with E-state index >= 15 is 0 Å². The molecule has 0 bridgehead atoms. The van der Waals surface area contributed by atoms with Crippen molar-refractivity contribution in [1.29, 1.82) is 0 Å². The molecule has 0 radical (unpaired) electrons. The molecule has 1 N–H and O–H groups in total. The number of phenols is 1. The molecule has 202 valence electrons. The fourth-order valence-electron chi connectivity index (χ4n) is 2.63. The van der Waals surface area contributed by atoms with Crippen LogP contribution in [0.25, 0.3) is 0 Å². The van der Waals surface area contributed by atoms with Gasteiger partial charge in [0, 0.05) is 12.8 Å². The molecule has 37 heavy (non-hydrogen) atoms. The predicted molar refractivity (Wildman–Crippen MR) is 144 cm³/mol. The molecule has 2 aromatic carbocycles. The molecule has 0 aliphatic rings. The minimum absolute atomic E-state index is 0.101. The van der Waals surface area contributed by atoms with Gasteiger partial charge in [-0.1, -0.05) is 46.9 Å². The first-order valence-electron chi connectivity index (χ1n) is 10.9. The van der Waals surface area contributed by atoms with Gasteiger partial charge >= 0.3 is 6.01 Å². The van der Waals surface area contributed by atoms with Crippen LogP contribution in [0.4, 0.5) is 17.6 Å². The van der Waals surface area contributed by atoms with Crippen molar-refractivity contribution >= 4 is 58.3 Å². The standard InChI is InChI=1S/C14H12Cl2F2N2OS.C10H11ClF2OS/c15-9-7-19-14(20-8-9)21-11-4-1-3-10(16)13(11)22-6-2-5-12(17)18;11-7-3-1-4-8(14)10(7)15-6-2-5-9(12)13/h1,3-4,7-8,12H,2,5-6H2;1,3-4,9,14H,2,5-6H2. The van der Waals surface area contributed by atoms with Crippen LogP contribution in [0.15, 0.2) is 58.6 Å². The van der Waals surface area contributed by atoms with E-state index < -0.39 is 12.9 Å². The average Bonchev–Trinajstić information content (AvgIpc) is 2.84. The maximum Gasteiger partial charge on any atom is 0.321 e. The summed E-state index contributed by atoms with van der Waals surface area (Å²) in [6.07, 6.45) is -1.15. The highest BCUT2D eigenvalue weighted by Crippen LogP contribution is 2.38. The molecular weight excluding hydrogens is 595 g/mol. The van der Waals surface area contributed by atoms with Crippen LogP contribution in [0.1, 0.15) is 25.7 Å². The second-order valence-corrected chi connectivity index (χ2v) is 10.7. The topological polar surface area (TPSA) is 55.2 Å². The summed E-state index contributed by atoms with van der Waals surface area (Å²) in [7, 11) is 0. The fourth-order valence-corrected chi connectivity index (χ4v) is 5.30. The third-order valence-electron chi connectivity index (χ3n) is 4.30. The summed E-state index contributed by atoms with van der Waals surface area (Å²) < 4.78 is 53.6. The van der Waals surface area contributed by atoms with E-state index in [1.807, 2.05) is 0 Å². The molecule has 0 atom stereocenters. The highest BCUT2D eigenvalue weighted by Gasteiger charge is 2.12. The maximum absolute atomic E-state index is 12.2. The first-order chi connectivity index (χ1) is 17.7. The van der Waals surface area contributed by atoms with Gasteiger partial charge in [0.05, 0.1) is 37.3 Å². The zero-order valence-corrected chi connectivity index (χ0v) is 23.1. The van der Waals surface area contributed by atoms with Gasteiger partial charge < -0.3 is 9.84 Å². The Morgan fingerprint density at radius 3 is 1.84 bits per heavy atom. The number of rotatable bonds is 12. The maximum atomic E-state index is 12.2. The van der Waals surface area contributed by atoms with Crippen molar-refractivity contribution in [2.45, 2.75) is 48.3 Å². The normalized spacial score (nSPS) is 10.9. The number of aromatic hydroxyl groups is 1. The third-order valence-corrected chi connectivity index (χ3v) is 7.76. The summed E-state index contributed by atoms with van der Waals surface area (Å²) in [5.41, 5.74) is 0. The minimum atomic E-state index is -2.29. The Labute approximate surface area is 236 Å². The van der Waals surface area contributed by atoms with Crippen LogP contribution in [0, 0.1) is 0 Å². The second kappa shape index (κ2) is 17.1. The van der Waals surface area contributed by atoms with Gasteiger partial charge in [0.25, 0.3) is 0 Å². The summed E-state index contributed by atoms with van der Waals surface area (Å²) in [6, 6.07) is 10.1. The van der Waals surface area contributed by atoms with Crippen molar-refractivity contribution in [3.63, 3.8) is 0 Å². The van der Waals surface area contributed by atoms with E-state index in [1.54, 1.807) is 30.3 Å². The van der Waals surface area contributed by atoms with Crippen LogP contribution in [0.2, 0.25) is 15.1 Å². The molecule has 0 aliphatic heterocycles. The molecule has 1 aromatic heterocycles. The molecular formula is C24H23Cl3F4N2O2S2. The fraction of sp³-hybridized carbons (Fsp3) is 0.333. The van der Waals surface area contributed by atoms with E-state index in [9.17, 15) is 22.7 Å². The molecule has 4 nitrogen and oxygen atoms in total. The molecule has 3 rings (SSSR count). The quantitative estimate of drug-likeness (QED) is 0.124. The van der Waals surface area contributed by atoms with Crippen molar-refractivity contribution in [2.24, 2.45) is 0 Å². The minimum Gasteiger partial charge on any atom is -0.507 e. The number of nitrogens with zero attached hydrogens (tertiary/aromatic N) is 2. The molecule has 13 heteroatoms. The summed E-state index contributed by atoms with van der Waals surface area (Å²) in [4.78, 5) is 9.14. The van der Waals surface area contributed by atoms with Crippen LogP contribution < -0.4 is 4.74 Å². The summed E-state index contributed by atoms with van der Waals surface area (Å²) >= 11 is 20.4. The van der Waals surface area contributed by atoms with Gasteiger partial charge in [0.1, 0.15) is 11.5 Å². The van der Waals surface area contributed by atoms with Crippen LogP contribution in [-0.2, 0) is 0 Å². The van der Waals surface area contributed by atoms with Gasteiger partial charge in [-0.05, 0) is 48.6 Å². The van der Waals surface area contributed by atoms with Crippen molar-refractivity contribution in [3.8, 4) is 17.5 Å². The van der Waals surface area contributed by atoms with E-state index in [1.165, 1.54) is 42.0 Å². The number of hydrogen-bond acceptors (Lipinski definition) is 6. The van der Waals surface area contributed by atoms with Crippen molar-refractivity contribution in [2.75, 3.05) is 11.5 Å². The van der Waals surface area contributed by atoms with E-state index in [0.717, 1.165) is 0 Å².